The van der Waals surface area contributed by atoms with E-state index in [-0.39, 0.29) is 5.91 Å². The lowest BCUT2D eigenvalue weighted by Crippen LogP contribution is -2.30. The van der Waals surface area contributed by atoms with Gasteiger partial charge in [-0.1, -0.05) is 30.0 Å². The van der Waals surface area contributed by atoms with Crippen LogP contribution in [0.2, 0.25) is 0 Å². The summed E-state index contributed by atoms with van der Waals surface area (Å²) in [5.74, 6) is 1.73. The second kappa shape index (κ2) is 8.83. The lowest BCUT2D eigenvalue weighted by Gasteiger charge is -2.18. The number of hydrogen-bond acceptors (Lipinski definition) is 7. The number of anilines is 1. The van der Waals surface area contributed by atoms with Gasteiger partial charge in [-0.15, -0.1) is 0 Å². The van der Waals surface area contributed by atoms with Crippen LogP contribution in [0, 0.1) is 0 Å². The summed E-state index contributed by atoms with van der Waals surface area (Å²) in [4.78, 5) is 19.4. The van der Waals surface area contributed by atoms with E-state index in [0.29, 0.717) is 28.1 Å². The molecule has 2 heterocycles. The molecule has 0 fully saturated rings. The predicted molar refractivity (Wildman–Crippen MR) is 117 cm³/mol. The first-order chi connectivity index (χ1) is 14.7. The zero-order valence-electron chi connectivity index (χ0n) is 16.4. The van der Waals surface area contributed by atoms with Gasteiger partial charge in [-0.05, 0) is 35.9 Å². The molecule has 1 aliphatic rings. The molecule has 0 atom stereocenters. The highest BCUT2D eigenvalue weighted by Crippen LogP contribution is 2.32. The van der Waals surface area contributed by atoms with Crippen LogP contribution in [0.15, 0.2) is 65.4 Å². The minimum atomic E-state index is -0.207. The summed E-state index contributed by atoms with van der Waals surface area (Å²) in [5.41, 5.74) is 2.67. The number of ether oxygens (including phenoxy) is 2. The molecule has 0 saturated heterocycles. The maximum absolute atomic E-state index is 13.2. The molecule has 152 valence electrons. The summed E-state index contributed by atoms with van der Waals surface area (Å²) in [6, 6.07) is 14.8. The van der Waals surface area contributed by atoms with Crippen molar-refractivity contribution in [2.24, 2.45) is 4.99 Å². The summed E-state index contributed by atoms with van der Waals surface area (Å²) in [7, 11) is 3.21. The van der Waals surface area contributed by atoms with Crippen molar-refractivity contribution in [1.29, 1.82) is 0 Å². The number of H-pyrrole nitrogens is 1. The first-order valence-corrected chi connectivity index (χ1v) is 10.1. The standard InChI is InChI=1S/C21H19N5O3S/c1-28-17-8-6-14(7-9-17)10-19-20(27)26(16-4-3-5-18(11-16)29-2)21(23-19)30-13-15-12-22-25-24-15/h3-12H,13H2,1-2H3,(H,22,24,25). The van der Waals surface area contributed by atoms with Crippen molar-refractivity contribution in [3.63, 3.8) is 0 Å². The lowest BCUT2D eigenvalue weighted by molar-refractivity contribution is -0.113. The highest BCUT2D eigenvalue weighted by Gasteiger charge is 2.32. The van der Waals surface area contributed by atoms with Gasteiger partial charge < -0.3 is 9.47 Å². The summed E-state index contributed by atoms with van der Waals surface area (Å²) in [6.45, 7) is 0. The Morgan fingerprint density at radius 3 is 2.60 bits per heavy atom. The van der Waals surface area contributed by atoms with E-state index < -0.39 is 0 Å². The number of aromatic amines is 1. The number of rotatable bonds is 6. The van der Waals surface area contributed by atoms with Gasteiger partial charge in [0.05, 0.1) is 31.8 Å². The van der Waals surface area contributed by atoms with Gasteiger partial charge in [0, 0.05) is 11.8 Å². The summed E-state index contributed by atoms with van der Waals surface area (Å²) in [5, 5.41) is 11.0. The molecule has 0 unspecified atom stereocenters. The Hall–Kier alpha value is -3.59. The van der Waals surface area contributed by atoms with E-state index in [1.807, 2.05) is 42.5 Å². The lowest BCUT2D eigenvalue weighted by atomic mass is 10.2. The fourth-order valence-electron chi connectivity index (χ4n) is 2.86. The Kier molecular flexibility index (Phi) is 5.80. The van der Waals surface area contributed by atoms with Crippen molar-refractivity contribution in [2.75, 3.05) is 19.1 Å². The fraction of sp³-hybridized carbons (Fsp3) is 0.143. The molecule has 8 nitrogen and oxygen atoms in total. The number of amidine groups is 1. The number of hydrogen-bond donors (Lipinski definition) is 1. The Morgan fingerprint density at radius 2 is 1.90 bits per heavy atom. The van der Waals surface area contributed by atoms with Crippen molar-refractivity contribution in [2.45, 2.75) is 5.75 Å². The Morgan fingerprint density at radius 1 is 1.10 bits per heavy atom. The van der Waals surface area contributed by atoms with Gasteiger partial charge in [0.25, 0.3) is 5.91 Å². The maximum atomic E-state index is 13.2. The number of benzene rings is 2. The molecule has 1 N–H and O–H groups in total. The zero-order valence-corrected chi connectivity index (χ0v) is 17.2. The van der Waals surface area contributed by atoms with Crippen LogP contribution in [0.1, 0.15) is 11.3 Å². The Bertz CT molecular complexity index is 1090. The van der Waals surface area contributed by atoms with Gasteiger partial charge in [0.15, 0.2) is 5.17 Å². The Labute approximate surface area is 177 Å². The van der Waals surface area contributed by atoms with Crippen molar-refractivity contribution in [3.05, 3.63) is 71.7 Å². The third-order valence-electron chi connectivity index (χ3n) is 4.37. The maximum Gasteiger partial charge on any atom is 0.283 e. The van der Waals surface area contributed by atoms with Crippen molar-refractivity contribution >= 4 is 34.6 Å². The number of nitrogens with one attached hydrogen (secondary N) is 1. The molecule has 1 aliphatic heterocycles. The summed E-state index contributed by atoms with van der Waals surface area (Å²) in [6.07, 6.45) is 3.41. The predicted octanol–water partition coefficient (Wildman–Crippen LogP) is 3.50. The second-order valence-electron chi connectivity index (χ2n) is 6.29. The number of aromatic nitrogens is 3. The highest BCUT2D eigenvalue weighted by molar-refractivity contribution is 8.13. The van der Waals surface area contributed by atoms with Crippen LogP contribution >= 0.6 is 11.8 Å². The first kappa shape index (κ1) is 19.7. The molecule has 3 aromatic rings. The van der Waals surface area contributed by atoms with Crippen molar-refractivity contribution < 1.29 is 14.3 Å². The van der Waals surface area contributed by atoms with E-state index in [1.165, 1.54) is 11.8 Å². The van der Waals surface area contributed by atoms with Gasteiger partial charge in [-0.3, -0.25) is 9.69 Å². The minimum Gasteiger partial charge on any atom is -0.497 e. The van der Waals surface area contributed by atoms with E-state index in [9.17, 15) is 4.79 Å². The minimum absolute atomic E-state index is 0.207. The van der Waals surface area contributed by atoms with Crippen LogP contribution in [0.4, 0.5) is 5.69 Å². The van der Waals surface area contributed by atoms with Crippen LogP contribution < -0.4 is 14.4 Å². The van der Waals surface area contributed by atoms with Crippen LogP contribution in [-0.4, -0.2) is 40.7 Å². The SMILES string of the molecule is COc1ccc(C=C2N=C(SCc3cn[nH]n3)N(c3cccc(OC)c3)C2=O)cc1. The van der Waals surface area contributed by atoms with Crippen molar-refractivity contribution in [1.82, 2.24) is 15.4 Å². The molecule has 1 aromatic heterocycles. The van der Waals surface area contributed by atoms with E-state index in [1.54, 1.807) is 37.5 Å². The van der Waals surface area contributed by atoms with E-state index in [2.05, 4.69) is 20.4 Å². The van der Waals surface area contributed by atoms with Crippen LogP contribution in [0.25, 0.3) is 6.08 Å². The number of carbonyl (C=O) groups is 1. The normalized spacial score (nSPS) is 14.9. The molecule has 2 aromatic carbocycles. The molecule has 0 spiro atoms. The largest absolute Gasteiger partial charge is 0.497 e. The average molecular weight is 421 g/mol. The van der Waals surface area contributed by atoms with Gasteiger partial charge >= 0.3 is 0 Å². The van der Waals surface area contributed by atoms with Gasteiger partial charge in [0.2, 0.25) is 0 Å². The van der Waals surface area contributed by atoms with Crippen LogP contribution in [0.3, 0.4) is 0 Å². The summed E-state index contributed by atoms with van der Waals surface area (Å²) < 4.78 is 10.5. The summed E-state index contributed by atoms with van der Waals surface area (Å²) >= 11 is 1.41. The Balaban J connectivity index is 1.67. The smallest absolute Gasteiger partial charge is 0.283 e. The molecule has 30 heavy (non-hydrogen) atoms. The van der Waals surface area contributed by atoms with Gasteiger partial charge in [-0.2, -0.15) is 15.4 Å². The van der Waals surface area contributed by atoms with E-state index >= 15 is 0 Å². The second-order valence-corrected chi connectivity index (χ2v) is 7.23. The molecule has 0 radical (unpaired) electrons. The molecule has 0 aliphatic carbocycles. The quantitative estimate of drug-likeness (QED) is 0.613. The van der Waals surface area contributed by atoms with E-state index in [0.717, 1.165) is 17.0 Å². The first-order valence-electron chi connectivity index (χ1n) is 9.08. The number of amides is 1. The molecule has 4 rings (SSSR count). The van der Waals surface area contributed by atoms with Crippen LogP contribution in [0.5, 0.6) is 11.5 Å². The highest BCUT2D eigenvalue weighted by atomic mass is 32.2. The molecular weight excluding hydrogens is 402 g/mol. The third-order valence-corrected chi connectivity index (χ3v) is 5.35. The van der Waals surface area contributed by atoms with Gasteiger partial charge in [-0.25, -0.2) is 4.99 Å². The third kappa shape index (κ3) is 4.20. The van der Waals surface area contributed by atoms with Gasteiger partial charge in [0.1, 0.15) is 17.2 Å². The fourth-order valence-corrected chi connectivity index (χ4v) is 3.76. The molecular formula is C21H19N5O3S. The van der Waals surface area contributed by atoms with Crippen LogP contribution in [-0.2, 0) is 10.5 Å². The number of methoxy groups -OCH3 is 2. The average Bonchev–Trinajstić information content (AvgIpc) is 3.41. The number of thioether (sulfide) groups is 1. The molecule has 0 bridgehead atoms. The molecule has 9 heteroatoms. The van der Waals surface area contributed by atoms with Crippen molar-refractivity contribution in [3.8, 4) is 11.5 Å². The zero-order chi connectivity index (χ0) is 20.9. The molecule has 0 saturated carbocycles. The van der Waals surface area contributed by atoms with E-state index in [4.69, 9.17) is 9.47 Å². The number of aliphatic imine (C=N–C) groups is 1. The molecule has 1 amide bonds. The number of nitrogens with zero attached hydrogens (tertiary/aromatic N) is 4. The monoisotopic (exact) mass is 421 g/mol. The number of carbonyl (C=O) groups excluding carboxylic acids is 1. The topological polar surface area (TPSA) is 92.7 Å².